The van der Waals surface area contributed by atoms with E-state index in [0.717, 1.165) is 23.1 Å². The van der Waals surface area contributed by atoms with Gasteiger partial charge in [-0.15, -0.1) is 0 Å². The number of amides is 1. The highest BCUT2D eigenvalue weighted by Crippen LogP contribution is 2.38. The van der Waals surface area contributed by atoms with Crippen molar-refractivity contribution < 1.29 is 22.7 Å². The van der Waals surface area contributed by atoms with E-state index in [-0.39, 0.29) is 19.1 Å². The summed E-state index contributed by atoms with van der Waals surface area (Å²) in [5, 5.41) is 6.21. The van der Waals surface area contributed by atoms with E-state index in [1.807, 2.05) is 54.6 Å². The summed E-state index contributed by atoms with van der Waals surface area (Å²) in [5.41, 5.74) is 4.95. The third kappa shape index (κ3) is 5.76. The molecule has 0 saturated heterocycles. The minimum atomic E-state index is -3.29. The van der Waals surface area contributed by atoms with Crippen molar-refractivity contribution >= 4 is 44.5 Å². The topological polar surface area (TPSA) is 114 Å². The van der Waals surface area contributed by atoms with Crippen LogP contribution in [-0.2, 0) is 26.1 Å². The summed E-state index contributed by atoms with van der Waals surface area (Å²) in [6.45, 7) is 2.18. The molecule has 180 valence electrons. The lowest BCUT2D eigenvalue weighted by atomic mass is 9.99. The van der Waals surface area contributed by atoms with E-state index in [9.17, 15) is 18.0 Å². The Morgan fingerprint density at radius 2 is 1.69 bits per heavy atom. The van der Waals surface area contributed by atoms with Crippen molar-refractivity contribution in [2.75, 3.05) is 23.5 Å². The van der Waals surface area contributed by atoms with E-state index >= 15 is 0 Å². The van der Waals surface area contributed by atoms with Crippen LogP contribution in [0.5, 0.6) is 0 Å². The molecule has 1 aliphatic heterocycles. The predicted octanol–water partition coefficient (Wildman–Crippen LogP) is 3.85. The molecule has 1 aliphatic rings. The Bertz CT molecular complexity index is 1400. The Hall–Kier alpha value is -3.95. The molecular formula is C26H25N3O5S. The molecule has 35 heavy (non-hydrogen) atoms. The first-order valence-electron chi connectivity index (χ1n) is 11.0. The van der Waals surface area contributed by atoms with Gasteiger partial charge in [0, 0.05) is 17.8 Å². The van der Waals surface area contributed by atoms with Crippen LogP contribution in [0.25, 0.3) is 11.3 Å². The standard InChI is InChI=1S/C26H25N3O5S/c1-3-34-26(31)19-11-14-21-22(15-19)29-25(30)23(21)24(18-7-5-4-6-8-18)28-20-12-9-17(10-13-20)16-27-35(2,32)33/h4-15,27-28H,3,16H2,1-2H3,(H,29,30). The van der Waals surface area contributed by atoms with Crippen molar-refractivity contribution in [3.63, 3.8) is 0 Å². The molecule has 0 spiro atoms. The van der Waals surface area contributed by atoms with Gasteiger partial charge in [0.05, 0.1) is 35.4 Å². The number of hydrogen-bond acceptors (Lipinski definition) is 6. The minimum Gasteiger partial charge on any atom is -0.462 e. The van der Waals surface area contributed by atoms with Crippen LogP contribution in [0.2, 0.25) is 0 Å². The third-order valence-electron chi connectivity index (χ3n) is 5.35. The van der Waals surface area contributed by atoms with Gasteiger partial charge < -0.3 is 15.4 Å². The van der Waals surface area contributed by atoms with Crippen LogP contribution in [0.15, 0.2) is 72.8 Å². The van der Waals surface area contributed by atoms with Gasteiger partial charge in [-0.1, -0.05) is 48.5 Å². The smallest absolute Gasteiger partial charge is 0.338 e. The fraction of sp³-hybridized carbons (Fsp3) is 0.154. The van der Waals surface area contributed by atoms with Crippen LogP contribution in [-0.4, -0.2) is 33.2 Å². The number of hydrogen-bond donors (Lipinski definition) is 3. The van der Waals surface area contributed by atoms with E-state index in [4.69, 9.17) is 4.74 Å². The van der Waals surface area contributed by atoms with Crippen LogP contribution >= 0.6 is 0 Å². The number of ether oxygens (including phenoxy) is 1. The lowest BCUT2D eigenvalue weighted by molar-refractivity contribution is -0.110. The molecule has 0 radical (unpaired) electrons. The van der Waals surface area contributed by atoms with Crippen molar-refractivity contribution in [3.8, 4) is 0 Å². The van der Waals surface area contributed by atoms with Crippen LogP contribution in [0.3, 0.4) is 0 Å². The number of sulfonamides is 1. The molecule has 3 aromatic rings. The van der Waals surface area contributed by atoms with E-state index in [0.29, 0.717) is 28.1 Å². The molecule has 0 saturated carbocycles. The molecule has 0 atom stereocenters. The Morgan fingerprint density at radius 1 is 0.971 bits per heavy atom. The van der Waals surface area contributed by atoms with Crippen molar-refractivity contribution in [3.05, 3.63) is 95.1 Å². The Kier molecular flexibility index (Phi) is 6.99. The molecule has 0 aromatic heterocycles. The SMILES string of the molecule is CCOC(=O)c1ccc2c(c1)NC(=O)C2=C(Nc1ccc(CNS(C)(=O)=O)cc1)c1ccccc1. The molecule has 9 heteroatoms. The Morgan fingerprint density at radius 3 is 2.34 bits per heavy atom. The molecule has 3 N–H and O–H groups in total. The zero-order valence-corrected chi connectivity index (χ0v) is 20.1. The lowest BCUT2D eigenvalue weighted by Gasteiger charge is -2.15. The third-order valence-corrected chi connectivity index (χ3v) is 6.02. The van der Waals surface area contributed by atoms with Crippen LogP contribution in [0.4, 0.5) is 11.4 Å². The van der Waals surface area contributed by atoms with Gasteiger partial charge in [-0.25, -0.2) is 17.9 Å². The van der Waals surface area contributed by atoms with Gasteiger partial charge in [-0.3, -0.25) is 4.79 Å². The number of carbonyl (C=O) groups is 2. The summed E-state index contributed by atoms with van der Waals surface area (Å²) in [4.78, 5) is 25.2. The van der Waals surface area contributed by atoms with Crippen molar-refractivity contribution in [1.82, 2.24) is 4.72 Å². The molecular weight excluding hydrogens is 466 g/mol. The van der Waals surface area contributed by atoms with Crippen LogP contribution < -0.4 is 15.4 Å². The number of benzene rings is 3. The first kappa shape index (κ1) is 24.2. The number of nitrogens with one attached hydrogen (secondary N) is 3. The van der Waals surface area contributed by atoms with Gasteiger partial charge in [0.15, 0.2) is 0 Å². The molecule has 1 heterocycles. The van der Waals surface area contributed by atoms with Gasteiger partial charge in [-0.05, 0) is 42.3 Å². The molecule has 1 amide bonds. The largest absolute Gasteiger partial charge is 0.462 e. The zero-order valence-electron chi connectivity index (χ0n) is 19.3. The average molecular weight is 492 g/mol. The summed E-state index contributed by atoms with van der Waals surface area (Å²) in [6.07, 6.45) is 1.11. The second kappa shape index (κ2) is 10.1. The molecule has 3 aromatic carbocycles. The van der Waals surface area contributed by atoms with E-state index in [2.05, 4.69) is 15.4 Å². The minimum absolute atomic E-state index is 0.185. The summed E-state index contributed by atoms with van der Waals surface area (Å²) in [7, 11) is -3.29. The number of rotatable bonds is 8. The molecule has 0 fully saturated rings. The maximum absolute atomic E-state index is 13.1. The quantitative estimate of drug-likeness (QED) is 0.326. The maximum Gasteiger partial charge on any atom is 0.338 e. The average Bonchev–Trinajstić information content (AvgIpc) is 3.17. The first-order chi connectivity index (χ1) is 16.7. The predicted molar refractivity (Wildman–Crippen MR) is 136 cm³/mol. The van der Waals surface area contributed by atoms with Crippen LogP contribution in [0, 0.1) is 0 Å². The summed E-state index contributed by atoms with van der Waals surface area (Å²) in [6, 6.07) is 21.7. The van der Waals surface area contributed by atoms with Crippen molar-refractivity contribution in [2.24, 2.45) is 0 Å². The van der Waals surface area contributed by atoms with Crippen molar-refractivity contribution in [1.29, 1.82) is 0 Å². The normalized spacial score (nSPS) is 14.2. The van der Waals surface area contributed by atoms with Crippen LogP contribution in [0.1, 0.15) is 34.0 Å². The highest BCUT2D eigenvalue weighted by molar-refractivity contribution is 7.88. The Balaban J connectivity index is 1.71. The Labute approximate surface area is 204 Å². The zero-order chi connectivity index (χ0) is 25.0. The van der Waals surface area contributed by atoms with Crippen molar-refractivity contribution in [2.45, 2.75) is 13.5 Å². The van der Waals surface area contributed by atoms with E-state index in [1.165, 1.54) is 0 Å². The number of carbonyl (C=O) groups excluding carboxylic acids is 2. The second-order valence-corrected chi connectivity index (χ2v) is 9.80. The van der Waals surface area contributed by atoms with Gasteiger partial charge in [0.2, 0.25) is 10.0 Å². The molecule has 8 nitrogen and oxygen atoms in total. The van der Waals surface area contributed by atoms with Gasteiger partial charge in [-0.2, -0.15) is 0 Å². The monoisotopic (exact) mass is 491 g/mol. The fourth-order valence-corrected chi connectivity index (χ4v) is 4.14. The molecule has 4 rings (SSSR count). The first-order valence-corrected chi connectivity index (χ1v) is 12.9. The highest BCUT2D eigenvalue weighted by atomic mass is 32.2. The van der Waals surface area contributed by atoms with E-state index < -0.39 is 16.0 Å². The van der Waals surface area contributed by atoms with E-state index in [1.54, 1.807) is 25.1 Å². The fourth-order valence-electron chi connectivity index (χ4n) is 3.71. The summed E-state index contributed by atoms with van der Waals surface area (Å²) >= 11 is 0. The maximum atomic E-state index is 13.1. The summed E-state index contributed by atoms with van der Waals surface area (Å²) < 4.78 is 30.2. The summed E-state index contributed by atoms with van der Waals surface area (Å²) in [5.74, 6) is -0.741. The molecule has 0 aliphatic carbocycles. The number of esters is 1. The number of anilines is 2. The lowest BCUT2D eigenvalue weighted by Crippen LogP contribution is -2.21. The highest BCUT2D eigenvalue weighted by Gasteiger charge is 2.29. The van der Waals surface area contributed by atoms with Gasteiger partial charge in [0.1, 0.15) is 0 Å². The second-order valence-electron chi connectivity index (χ2n) is 7.97. The molecule has 0 unspecified atom stereocenters. The van der Waals surface area contributed by atoms with Gasteiger partial charge in [0.25, 0.3) is 5.91 Å². The number of fused-ring (bicyclic) bond motifs is 1. The molecule has 0 bridgehead atoms. The van der Waals surface area contributed by atoms with Gasteiger partial charge >= 0.3 is 5.97 Å².